The molecule has 0 radical (unpaired) electrons. The average Bonchev–Trinajstić information content (AvgIpc) is 2.71. The van der Waals surface area contributed by atoms with E-state index < -0.39 is 0 Å². The molecule has 1 aliphatic rings. The van der Waals surface area contributed by atoms with Gasteiger partial charge in [-0.25, -0.2) is 0 Å². The summed E-state index contributed by atoms with van der Waals surface area (Å²) >= 11 is 13.3. The second kappa shape index (κ2) is 6.16. The van der Waals surface area contributed by atoms with Crippen LogP contribution in [0.4, 0.5) is 5.69 Å². The Bertz CT molecular complexity index is 521. The normalized spacial score (nSPS) is 19.0. The van der Waals surface area contributed by atoms with Crippen LogP contribution in [0, 0.1) is 5.92 Å². The van der Waals surface area contributed by atoms with Crippen molar-refractivity contribution in [3.8, 4) is 0 Å². The highest BCUT2D eigenvalue weighted by molar-refractivity contribution is 8.13. The summed E-state index contributed by atoms with van der Waals surface area (Å²) in [6.07, 6.45) is 0.448. The summed E-state index contributed by atoms with van der Waals surface area (Å²) in [5.74, 6) is 0.866. The van der Waals surface area contributed by atoms with Gasteiger partial charge in [-0.2, -0.15) is 0 Å². The van der Waals surface area contributed by atoms with E-state index >= 15 is 0 Å². The molecule has 0 aromatic heterocycles. The number of nitrogens with zero attached hydrogens (tertiary/aromatic N) is 1. The first kappa shape index (κ1) is 14.7. The molecule has 1 fully saturated rings. The predicted molar refractivity (Wildman–Crippen MR) is 80.1 cm³/mol. The van der Waals surface area contributed by atoms with E-state index in [1.807, 2.05) is 0 Å². The van der Waals surface area contributed by atoms with Crippen LogP contribution in [0.1, 0.15) is 13.3 Å². The predicted octanol–water partition coefficient (Wildman–Crippen LogP) is 3.63. The van der Waals surface area contributed by atoms with Crippen LogP contribution in [0.2, 0.25) is 10.0 Å². The molecule has 0 aliphatic carbocycles. The van der Waals surface area contributed by atoms with E-state index in [1.54, 1.807) is 23.1 Å². The van der Waals surface area contributed by atoms with Crippen molar-refractivity contribution >= 4 is 51.7 Å². The van der Waals surface area contributed by atoms with E-state index in [0.29, 0.717) is 34.5 Å². The smallest absolute Gasteiger partial charge is 0.227 e. The third kappa shape index (κ3) is 3.44. The number of hydrogen-bond donors (Lipinski definition) is 0. The summed E-state index contributed by atoms with van der Waals surface area (Å²) in [7, 11) is 0. The van der Waals surface area contributed by atoms with Gasteiger partial charge < -0.3 is 4.90 Å². The summed E-state index contributed by atoms with van der Waals surface area (Å²) in [4.78, 5) is 24.6. The highest BCUT2D eigenvalue weighted by atomic mass is 35.5. The van der Waals surface area contributed by atoms with Crippen molar-refractivity contribution in [3.05, 3.63) is 28.2 Å². The molecule has 1 aliphatic heterocycles. The van der Waals surface area contributed by atoms with Gasteiger partial charge in [-0.3, -0.25) is 9.59 Å². The van der Waals surface area contributed by atoms with Crippen LogP contribution < -0.4 is 4.90 Å². The molecule has 1 atom stereocenters. The van der Waals surface area contributed by atoms with Crippen LogP contribution in [-0.2, 0) is 9.59 Å². The molecule has 1 aromatic rings. The average molecular weight is 318 g/mol. The second-order valence-electron chi connectivity index (χ2n) is 4.45. The Kier molecular flexibility index (Phi) is 4.76. The molecule has 102 valence electrons. The molecule has 1 amide bonds. The Labute approximate surface area is 126 Å². The molecule has 0 N–H and O–H groups in total. The van der Waals surface area contributed by atoms with Crippen molar-refractivity contribution in [1.29, 1.82) is 0 Å². The third-order valence-electron chi connectivity index (χ3n) is 2.95. The highest BCUT2D eigenvalue weighted by Crippen LogP contribution is 2.36. The molecule has 1 unspecified atom stereocenters. The Balaban J connectivity index is 2.11. The summed E-state index contributed by atoms with van der Waals surface area (Å²) in [6, 6.07) is 5.25. The number of halogens is 2. The topological polar surface area (TPSA) is 37.4 Å². The molecule has 6 heteroatoms. The second-order valence-corrected chi connectivity index (χ2v) is 6.43. The van der Waals surface area contributed by atoms with Gasteiger partial charge >= 0.3 is 0 Å². The number of carbonyl (C=O) groups is 2. The van der Waals surface area contributed by atoms with Gasteiger partial charge in [-0.1, -0.05) is 41.0 Å². The molecule has 3 nitrogen and oxygen atoms in total. The minimum absolute atomic E-state index is 0.0262. The number of thioether (sulfide) groups is 1. The van der Waals surface area contributed by atoms with Gasteiger partial charge in [-0.05, 0) is 18.1 Å². The third-order valence-corrected chi connectivity index (χ3v) is 4.80. The fourth-order valence-corrected chi connectivity index (χ4v) is 3.15. The van der Waals surface area contributed by atoms with Crippen LogP contribution in [0.15, 0.2) is 18.2 Å². The molecule has 0 saturated carbocycles. The summed E-state index contributed by atoms with van der Waals surface area (Å²) < 4.78 is 0. The SMILES string of the molecule is CC(=O)SCC1CC(=O)N(c2cccc(Cl)c2Cl)C1. The maximum atomic E-state index is 12.0. The zero-order valence-electron chi connectivity index (χ0n) is 10.4. The van der Waals surface area contributed by atoms with Crippen molar-refractivity contribution in [1.82, 2.24) is 0 Å². The number of rotatable bonds is 3. The van der Waals surface area contributed by atoms with Crippen LogP contribution in [0.25, 0.3) is 0 Å². The monoisotopic (exact) mass is 317 g/mol. The highest BCUT2D eigenvalue weighted by Gasteiger charge is 2.32. The minimum Gasteiger partial charge on any atom is -0.311 e. The van der Waals surface area contributed by atoms with Crippen molar-refractivity contribution < 1.29 is 9.59 Å². The molecule has 19 heavy (non-hydrogen) atoms. The molecule has 0 bridgehead atoms. The first-order chi connectivity index (χ1) is 8.99. The van der Waals surface area contributed by atoms with Crippen LogP contribution >= 0.6 is 35.0 Å². The van der Waals surface area contributed by atoms with Gasteiger partial charge in [-0.15, -0.1) is 0 Å². The molecule has 1 heterocycles. The molecule has 0 spiro atoms. The van der Waals surface area contributed by atoms with E-state index in [0.717, 1.165) is 0 Å². The van der Waals surface area contributed by atoms with E-state index in [-0.39, 0.29) is 16.9 Å². The van der Waals surface area contributed by atoms with Gasteiger partial charge in [0, 0.05) is 25.6 Å². The standard InChI is InChI=1S/C13H13Cl2NO2S/c1-8(17)19-7-9-5-12(18)16(6-9)11-4-2-3-10(14)13(11)15/h2-4,9H,5-7H2,1H3. The lowest BCUT2D eigenvalue weighted by Gasteiger charge is -2.18. The van der Waals surface area contributed by atoms with Crippen LogP contribution in [-0.4, -0.2) is 23.3 Å². The lowest BCUT2D eigenvalue weighted by atomic mass is 10.1. The summed E-state index contributed by atoms with van der Waals surface area (Å²) in [5.41, 5.74) is 0.648. The molecular weight excluding hydrogens is 305 g/mol. The first-order valence-electron chi connectivity index (χ1n) is 5.86. The number of benzene rings is 1. The minimum atomic E-state index is 0.0262. The van der Waals surface area contributed by atoms with Gasteiger partial charge in [0.25, 0.3) is 0 Å². The molecule has 2 rings (SSSR count). The van der Waals surface area contributed by atoms with Crippen molar-refractivity contribution in [2.45, 2.75) is 13.3 Å². The number of carbonyl (C=O) groups excluding carboxylic acids is 2. The van der Waals surface area contributed by atoms with Crippen molar-refractivity contribution in [2.24, 2.45) is 5.92 Å². The van der Waals surface area contributed by atoms with E-state index in [1.165, 1.54) is 18.7 Å². The number of hydrogen-bond acceptors (Lipinski definition) is 3. The lowest BCUT2D eigenvalue weighted by molar-refractivity contribution is -0.117. The van der Waals surface area contributed by atoms with Crippen molar-refractivity contribution in [2.75, 3.05) is 17.2 Å². The quantitative estimate of drug-likeness (QED) is 0.854. The maximum absolute atomic E-state index is 12.0. The number of anilines is 1. The lowest BCUT2D eigenvalue weighted by Crippen LogP contribution is -2.25. The van der Waals surface area contributed by atoms with E-state index in [2.05, 4.69) is 0 Å². The zero-order valence-corrected chi connectivity index (χ0v) is 12.7. The van der Waals surface area contributed by atoms with E-state index in [9.17, 15) is 9.59 Å². The summed E-state index contributed by atoms with van der Waals surface area (Å²) in [6.45, 7) is 2.12. The van der Waals surface area contributed by atoms with Gasteiger partial charge in [0.2, 0.25) is 5.91 Å². The van der Waals surface area contributed by atoms with Gasteiger partial charge in [0.1, 0.15) is 0 Å². The molecule has 1 aromatic carbocycles. The van der Waals surface area contributed by atoms with Gasteiger partial charge in [0.15, 0.2) is 5.12 Å². The Morgan fingerprint density at radius 1 is 1.47 bits per heavy atom. The molecule has 1 saturated heterocycles. The Morgan fingerprint density at radius 2 is 2.21 bits per heavy atom. The fraction of sp³-hybridized carbons (Fsp3) is 0.385. The fourth-order valence-electron chi connectivity index (χ4n) is 2.06. The van der Waals surface area contributed by atoms with Crippen LogP contribution in [0.5, 0.6) is 0 Å². The van der Waals surface area contributed by atoms with Gasteiger partial charge in [0.05, 0.1) is 15.7 Å². The number of amides is 1. The maximum Gasteiger partial charge on any atom is 0.227 e. The zero-order chi connectivity index (χ0) is 14.0. The van der Waals surface area contributed by atoms with E-state index in [4.69, 9.17) is 23.2 Å². The molecular formula is C13H13Cl2NO2S. The summed E-state index contributed by atoms with van der Waals surface area (Å²) in [5, 5.41) is 0.914. The largest absolute Gasteiger partial charge is 0.311 e. The van der Waals surface area contributed by atoms with Crippen molar-refractivity contribution in [3.63, 3.8) is 0 Å². The first-order valence-corrected chi connectivity index (χ1v) is 7.61. The Hall–Kier alpha value is -0.710. The van der Waals surface area contributed by atoms with Crippen LogP contribution in [0.3, 0.4) is 0 Å². The Morgan fingerprint density at radius 3 is 2.89 bits per heavy atom.